The zero-order chi connectivity index (χ0) is 18.8. The van der Waals surface area contributed by atoms with E-state index >= 15 is 0 Å². The highest BCUT2D eigenvalue weighted by atomic mass is 32.2. The Balaban J connectivity index is 1.62. The van der Waals surface area contributed by atoms with Crippen molar-refractivity contribution >= 4 is 28.4 Å². The normalized spacial score (nSPS) is 11.1. The van der Waals surface area contributed by atoms with Gasteiger partial charge in [-0.25, -0.2) is 0 Å². The maximum absolute atomic E-state index is 10.9. The fourth-order valence-corrected chi connectivity index (χ4v) is 3.99. The summed E-state index contributed by atoms with van der Waals surface area (Å²) in [5.41, 5.74) is 3.06. The molecule has 4 aromatic rings. The van der Waals surface area contributed by atoms with Crippen molar-refractivity contribution in [1.82, 2.24) is 19.7 Å². The van der Waals surface area contributed by atoms with Gasteiger partial charge in [-0.3, -0.25) is 10.1 Å². The summed E-state index contributed by atoms with van der Waals surface area (Å²) in [5, 5.41) is 21.6. The van der Waals surface area contributed by atoms with Gasteiger partial charge in [0, 0.05) is 47.1 Å². The van der Waals surface area contributed by atoms with Crippen LogP contribution in [-0.2, 0) is 12.3 Å². The van der Waals surface area contributed by atoms with Gasteiger partial charge in [-0.2, -0.15) is 0 Å². The minimum atomic E-state index is -0.377. The molecule has 4 rings (SSSR count). The van der Waals surface area contributed by atoms with E-state index in [-0.39, 0.29) is 10.6 Å². The van der Waals surface area contributed by atoms with Crippen molar-refractivity contribution < 1.29 is 4.92 Å². The number of nitrogens with zero attached hydrogens (tertiary/aromatic N) is 4. The van der Waals surface area contributed by atoms with Crippen molar-refractivity contribution in [3.05, 3.63) is 70.4 Å². The maximum Gasteiger partial charge on any atom is 0.269 e. The lowest BCUT2D eigenvalue weighted by Gasteiger charge is -2.07. The summed E-state index contributed by atoms with van der Waals surface area (Å²) in [6.45, 7) is 2.79. The van der Waals surface area contributed by atoms with E-state index in [1.807, 2.05) is 30.5 Å². The molecule has 0 fully saturated rings. The number of non-ortho nitro benzene ring substituents is 1. The second-order valence-corrected chi connectivity index (χ2v) is 6.96. The highest BCUT2D eigenvalue weighted by molar-refractivity contribution is 7.98. The fourth-order valence-electron chi connectivity index (χ4n) is 3.04. The summed E-state index contributed by atoms with van der Waals surface area (Å²) in [5.74, 6) is 1.41. The van der Waals surface area contributed by atoms with Crippen LogP contribution in [0.25, 0.3) is 22.3 Å². The number of nitro groups is 1. The molecule has 2 aromatic heterocycles. The third kappa shape index (κ3) is 3.31. The number of aromatic nitrogens is 4. The molecule has 0 spiro atoms. The monoisotopic (exact) mass is 379 g/mol. The van der Waals surface area contributed by atoms with Crippen molar-refractivity contribution in [3.8, 4) is 11.4 Å². The van der Waals surface area contributed by atoms with Gasteiger partial charge >= 0.3 is 0 Å². The molecule has 0 radical (unpaired) electrons. The molecule has 0 amide bonds. The quantitative estimate of drug-likeness (QED) is 0.299. The lowest BCUT2D eigenvalue weighted by atomic mass is 10.1. The molecule has 0 aliphatic rings. The van der Waals surface area contributed by atoms with Crippen LogP contribution in [0.3, 0.4) is 0 Å². The number of nitrogens with one attached hydrogen (secondary N) is 1. The Bertz CT molecular complexity index is 1120. The van der Waals surface area contributed by atoms with Crippen molar-refractivity contribution in [2.75, 3.05) is 0 Å². The van der Waals surface area contributed by atoms with E-state index in [2.05, 4.69) is 32.7 Å². The Morgan fingerprint density at radius 1 is 1.19 bits per heavy atom. The van der Waals surface area contributed by atoms with Crippen molar-refractivity contribution in [2.45, 2.75) is 24.4 Å². The van der Waals surface area contributed by atoms with Gasteiger partial charge in [-0.15, -0.1) is 10.2 Å². The predicted molar refractivity (Wildman–Crippen MR) is 106 cm³/mol. The molecular weight excluding hydrogens is 362 g/mol. The number of rotatable bonds is 6. The first-order chi connectivity index (χ1) is 13.2. The molecule has 1 N–H and O–H groups in total. The highest BCUT2D eigenvalue weighted by Gasteiger charge is 2.16. The lowest BCUT2D eigenvalue weighted by molar-refractivity contribution is -0.384. The summed E-state index contributed by atoms with van der Waals surface area (Å²) in [6, 6.07) is 14.8. The number of hydrogen-bond donors (Lipinski definition) is 1. The molecule has 0 bridgehead atoms. The van der Waals surface area contributed by atoms with Gasteiger partial charge in [-0.1, -0.05) is 42.1 Å². The average molecular weight is 379 g/mol. The summed E-state index contributed by atoms with van der Waals surface area (Å²) in [4.78, 5) is 13.8. The van der Waals surface area contributed by atoms with E-state index < -0.39 is 0 Å². The number of para-hydroxylation sites is 1. The number of benzene rings is 2. The SMILES string of the molecule is CCn1c(SCc2cccc([N+](=O)[O-])c2)nnc1-c1c[nH]c2ccccc12. The number of thioether (sulfide) groups is 1. The third-order valence-electron chi connectivity index (χ3n) is 4.35. The van der Waals surface area contributed by atoms with Crippen molar-refractivity contribution in [2.24, 2.45) is 0 Å². The van der Waals surface area contributed by atoms with E-state index in [1.54, 1.807) is 12.1 Å². The first-order valence-corrected chi connectivity index (χ1v) is 9.51. The van der Waals surface area contributed by atoms with Crippen LogP contribution in [0.1, 0.15) is 12.5 Å². The van der Waals surface area contributed by atoms with Gasteiger partial charge in [0.1, 0.15) is 0 Å². The molecule has 2 heterocycles. The summed E-state index contributed by atoms with van der Waals surface area (Å²) < 4.78 is 2.07. The van der Waals surface area contributed by atoms with Gasteiger partial charge < -0.3 is 9.55 Å². The zero-order valence-corrected chi connectivity index (χ0v) is 15.4. The van der Waals surface area contributed by atoms with E-state index in [0.717, 1.165) is 39.6 Å². The Labute approximate surface area is 159 Å². The van der Waals surface area contributed by atoms with Crippen LogP contribution in [-0.4, -0.2) is 24.7 Å². The van der Waals surface area contributed by atoms with Crippen LogP contribution in [0.15, 0.2) is 59.9 Å². The third-order valence-corrected chi connectivity index (χ3v) is 5.39. The number of hydrogen-bond acceptors (Lipinski definition) is 5. The van der Waals surface area contributed by atoms with Crippen LogP contribution in [0.2, 0.25) is 0 Å². The first-order valence-electron chi connectivity index (χ1n) is 8.53. The molecular formula is C19H17N5O2S. The van der Waals surface area contributed by atoms with Crippen LogP contribution in [0.5, 0.6) is 0 Å². The van der Waals surface area contributed by atoms with Crippen LogP contribution in [0.4, 0.5) is 5.69 Å². The second-order valence-electron chi connectivity index (χ2n) is 6.01. The summed E-state index contributed by atoms with van der Waals surface area (Å²) in [6.07, 6.45) is 1.95. The number of fused-ring (bicyclic) bond motifs is 1. The molecule has 0 saturated carbocycles. The smallest absolute Gasteiger partial charge is 0.269 e. The van der Waals surface area contributed by atoms with Gasteiger partial charge in [0.2, 0.25) is 0 Å². The highest BCUT2D eigenvalue weighted by Crippen LogP contribution is 2.31. The van der Waals surface area contributed by atoms with E-state index in [4.69, 9.17) is 0 Å². The Morgan fingerprint density at radius 2 is 2.04 bits per heavy atom. The number of aromatic amines is 1. The zero-order valence-electron chi connectivity index (χ0n) is 14.6. The van der Waals surface area contributed by atoms with Gasteiger partial charge in [-0.05, 0) is 18.6 Å². The van der Waals surface area contributed by atoms with E-state index in [1.165, 1.54) is 17.8 Å². The molecule has 0 aliphatic carbocycles. The van der Waals surface area contributed by atoms with E-state index in [0.29, 0.717) is 5.75 Å². The molecule has 0 atom stereocenters. The topological polar surface area (TPSA) is 89.6 Å². The molecule has 7 nitrogen and oxygen atoms in total. The molecule has 2 aromatic carbocycles. The predicted octanol–water partition coefficient (Wildman–Crippen LogP) is 4.65. The van der Waals surface area contributed by atoms with Crippen LogP contribution < -0.4 is 0 Å². The first kappa shape index (κ1) is 17.3. The maximum atomic E-state index is 10.9. The Kier molecular flexibility index (Phi) is 4.64. The Morgan fingerprint density at radius 3 is 2.85 bits per heavy atom. The number of H-pyrrole nitrogens is 1. The Hall–Kier alpha value is -3.13. The van der Waals surface area contributed by atoms with E-state index in [9.17, 15) is 10.1 Å². The lowest BCUT2D eigenvalue weighted by Crippen LogP contribution is -1.99. The number of nitro benzene ring substituents is 1. The van der Waals surface area contributed by atoms with Crippen molar-refractivity contribution in [3.63, 3.8) is 0 Å². The van der Waals surface area contributed by atoms with Gasteiger partial charge in [0.25, 0.3) is 5.69 Å². The second kappa shape index (κ2) is 7.24. The van der Waals surface area contributed by atoms with Crippen molar-refractivity contribution in [1.29, 1.82) is 0 Å². The summed E-state index contributed by atoms with van der Waals surface area (Å²) >= 11 is 1.53. The van der Waals surface area contributed by atoms with Gasteiger partial charge in [0.05, 0.1) is 4.92 Å². The molecule has 27 heavy (non-hydrogen) atoms. The minimum absolute atomic E-state index is 0.101. The average Bonchev–Trinajstić information content (AvgIpc) is 3.29. The van der Waals surface area contributed by atoms with Crippen LogP contribution in [0, 0.1) is 10.1 Å². The molecule has 136 valence electrons. The summed E-state index contributed by atoms with van der Waals surface area (Å²) in [7, 11) is 0. The molecule has 8 heteroatoms. The van der Waals surface area contributed by atoms with Gasteiger partial charge in [0.15, 0.2) is 11.0 Å². The minimum Gasteiger partial charge on any atom is -0.360 e. The van der Waals surface area contributed by atoms with Crippen LogP contribution >= 0.6 is 11.8 Å². The fraction of sp³-hybridized carbons (Fsp3) is 0.158. The molecule has 0 saturated heterocycles. The molecule has 0 aliphatic heterocycles. The standard InChI is InChI=1S/C19H17N5O2S/c1-2-23-18(16-11-20-17-9-4-3-8-15(16)17)21-22-19(23)27-12-13-6-5-7-14(10-13)24(25)26/h3-11,20H,2,12H2,1H3. The largest absolute Gasteiger partial charge is 0.360 e. The molecule has 0 unspecified atom stereocenters.